The maximum atomic E-state index is 11.8. The smallest absolute Gasteiger partial charge is 0.220 e. The maximum absolute atomic E-state index is 11.8. The number of ether oxygens (including phenoxy) is 1. The van der Waals surface area contributed by atoms with Crippen molar-refractivity contribution in [3.63, 3.8) is 0 Å². The van der Waals surface area contributed by atoms with Crippen LogP contribution in [0.15, 0.2) is 18.2 Å². The van der Waals surface area contributed by atoms with Crippen LogP contribution in [-0.4, -0.2) is 38.8 Å². The molecule has 1 aliphatic rings. The minimum Gasteiger partial charge on any atom is -0.397 e. The molecule has 0 unspecified atom stereocenters. The molecule has 1 aliphatic heterocycles. The number of nitrogen functional groups attached to an aromatic ring is 1. The van der Waals surface area contributed by atoms with Gasteiger partial charge in [0.05, 0.1) is 24.6 Å². The number of carbonyl (C=O) groups excluding carboxylic acids is 1. The van der Waals surface area contributed by atoms with E-state index >= 15 is 0 Å². The Morgan fingerprint density at radius 3 is 2.74 bits per heavy atom. The lowest BCUT2D eigenvalue weighted by Gasteiger charge is -2.30. The van der Waals surface area contributed by atoms with E-state index in [1.165, 1.54) is 0 Å². The number of hydrogen-bond donors (Lipinski definition) is 2. The fourth-order valence-electron chi connectivity index (χ4n) is 2.70. The average Bonchev–Trinajstić information content (AvgIpc) is 2.53. The Morgan fingerprint density at radius 2 is 2.09 bits per heavy atom. The van der Waals surface area contributed by atoms with E-state index in [0.717, 1.165) is 62.6 Å². The number of hydrogen-bond acceptors (Lipinski definition) is 4. The number of rotatable bonds is 7. The molecular formula is C18H29N3O2. The third-order valence-corrected chi connectivity index (χ3v) is 4.13. The molecule has 0 aromatic heterocycles. The number of nitrogens with two attached hydrogens (primary N) is 1. The molecule has 1 saturated heterocycles. The van der Waals surface area contributed by atoms with E-state index in [9.17, 15) is 4.79 Å². The van der Waals surface area contributed by atoms with Crippen molar-refractivity contribution < 1.29 is 9.53 Å². The molecule has 23 heavy (non-hydrogen) atoms. The van der Waals surface area contributed by atoms with Crippen molar-refractivity contribution in [3.05, 3.63) is 23.8 Å². The van der Waals surface area contributed by atoms with E-state index in [0.29, 0.717) is 12.3 Å². The predicted molar refractivity (Wildman–Crippen MR) is 94.7 cm³/mol. The highest BCUT2D eigenvalue weighted by atomic mass is 16.5. The second-order valence-electron chi connectivity index (χ2n) is 6.53. The molecule has 0 atom stereocenters. The van der Waals surface area contributed by atoms with Crippen LogP contribution in [0, 0.1) is 5.92 Å². The third-order valence-electron chi connectivity index (χ3n) is 4.13. The fraction of sp³-hybridized carbons (Fsp3) is 0.611. The number of benzene rings is 1. The van der Waals surface area contributed by atoms with Crippen LogP contribution in [0.2, 0.25) is 0 Å². The van der Waals surface area contributed by atoms with Gasteiger partial charge >= 0.3 is 0 Å². The van der Waals surface area contributed by atoms with Crippen LogP contribution in [0.3, 0.4) is 0 Å². The highest BCUT2D eigenvalue weighted by molar-refractivity contribution is 5.76. The van der Waals surface area contributed by atoms with E-state index in [-0.39, 0.29) is 5.91 Å². The molecule has 5 heteroatoms. The number of nitrogens with one attached hydrogen (secondary N) is 1. The van der Waals surface area contributed by atoms with Gasteiger partial charge in [-0.1, -0.05) is 19.9 Å². The van der Waals surface area contributed by atoms with E-state index in [1.54, 1.807) is 0 Å². The number of nitrogens with zero attached hydrogens (tertiary/aromatic N) is 1. The van der Waals surface area contributed by atoms with Gasteiger partial charge in [-0.25, -0.2) is 0 Å². The highest BCUT2D eigenvalue weighted by Gasteiger charge is 2.14. The van der Waals surface area contributed by atoms with Gasteiger partial charge in [0.2, 0.25) is 5.91 Å². The molecule has 1 aromatic carbocycles. The van der Waals surface area contributed by atoms with Gasteiger partial charge in [-0.05, 0) is 36.5 Å². The minimum absolute atomic E-state index is 0.112. The minimum atomic E-state index is 0.112. The Bertz CT molecular complexity index is 511. The monoisotopic (exact) mass is 319 g/mol. The number of amides is 1. The van der Waals surface area contributed by atoms with Crippen LogP contribution >= 0.6 is 0 Å². The summed E-state index contributed by atoms with van der Waals surface area (Å²) in [6.45, 7) is 8.32. The van der Waals surface area contributed by atoms with Crippen molar-refractivity contribution in [3.8, 4) is 0 Å². The van der Waals surface area contributed by atoms with Gasteiger partial charge in [0, 0.05) is 26.1 Å². The maximum Gasteiger partial charge on any atom is 0.220 e. The summed E-state index contributed by atoms with van der Waals surface area (Å²) in [7, 11) is 0. The number of morpholine rings is 1. The van der Waals surface area contributed by atoms with Crippen LogP contribution in [0.4, 0.5) is 11.4 Å². The molecule has 0 bridgehead atoms. The van der Waals surface area contributed by atoms with Crippen molar-refractivity contribution in [2.24, 2.45) is 5.92 Å². The molecule has 1 aromatic rings. The molecule has 1 fully saturated rings. The molecule has 5 nitrogen and oxygen atoms in total. The summed E-state index contributed by atoms with van der Waals surface area (Å²) in [6.07, 6.45) is 2.25. The van der Waals surface area contributed by atoms with Crippen molar-refractivity contribution in [1.29, 1.82) is 0 Å². The summed E-state index contributed by atoms with van der Waals surface area (Å²) in [4.78, 5) is 14.1. The molecule has 0 radical (unpaired) electrons. The van der Waals surface area contributed by atoms with Gasteiger partial charge in [-0.2, -0.15) is 0 Å². The first-order valence-corrected chi connectivity index (χ1v) is 8.54. The zero-order valence-electron chi connectivity index (χ0n) is 14.3. The summed E-state index contributed by atoms with van der Waals surface area (Å²) >= 11 is 0. The summed E-state index contributed by atoms with van der Waals surface area (Å²) < 4.78 is 5.37. The molecule has 1 heterocycles. The number of anilines is 2. The molecule has 3 N–H and O–H groups in total. The van der Waals surface area contributed by atoms with Gasteiger partial charge in [0.1, 0.15) is 0 Å². The fourth-order valence-corrected chi connectivity index (χ4v) is 2.70. The first kappa shape index (κ1) is 17.6. The second kappa shape index (κ2) is 8.77. The largest absolute Gasteiger partial charge is 0.397 e. The van der Waals surface area contributed by atoms with Crippen molar-refractivity contribution in [1.82, 2.24) is 5.32 Å². The summed E-state index contributed by atoms with van der Waals surface area (Å²) in [5, 5.41) is 2.97. The summed E-state index contributed by atoms with van der Waals surface area (Å²) in [6, 6.07) is 6.13. The van der Waals surface area contributed by atoms with Crippen LogP contribution in [0.1, 0.15) is 32.3 Å². The van der Waals surface area contributed by atoms with E-state index in [1.807, 2.05) is 6.07 Å². The van der Waals surface area contributed by atoms with E-state index in [2.05, 4.69) is 36.2 Å². The molecule has 128 valence electrons. The topological polar surface area (TPSA) is 67.6 Å². The Morgan fingerprint density at radius 1 is 1.35 bits per heavy atom. The lowest BCUT2D eigenvalue weighted by molar-refractivity contribution is -0.121. The zero-order valence-corrected chi connectivity index (χ0v) is 14.3. The van der Waals surface area contributed by atoms with Crippen LogP contribution in [-0.2, 0) is 16.0 Å². The first-order valence-electron chi connectivity index (χ1n) is 8.54. The lowest BCUT2D eigenvalue weighted by Crippen LogP contribution is -2.36. The molecule has 1 amide bonds. The highest BCUT2D eigenvalue weighted by Crippen LogP contribution is 2.25. The van der Waals surface area contributed by atoms with Gasteiger partial charge in [-0.15, -0.1) is 0 Å². The Labute approximate surface area is 139 Å². The molecular weight excluding hydrogens is 290 g/mol. The van der Waals surface area contributed by atoms with Crippen molar-refractivity contribution >= 4 is 17.3 Å². The SMILES string of the molecule is CC(C)CCNC(=O)CCc1ccc(N2CCOCC2)c(N)c1. The van der Waals surface area contributed by atoms with Crippen molar-refractivity contribution in [2.75, 3.05) is 43.5 Å². The molecule has 2 rings (SSSR count). The van der Waals surface area contributed by atoms with Gasteiger partial charge in [0.25, 0.3) is 0 Å². The van der Waals surface area contributed by atoms with E-state index in [4.69, 9.17) is 10.5 Å². The summed E-state index contributed by atoms with van der Waals surface area (Å²) in [5.41, 5.74) is 9.15. The van der Waals surface area contributed by atoms with Crippen LogP contribution < -0.4 is 16.0 Å². The summed E-state index contributed by atoms with van der Waals surface area (Å²) in [5.74, 6) is 0.726. The van der Waals surface area contributed by atoms with Crippen molar-refractivity contribution in [2.45, 2.75) is 33.1 Å². The second-order valence-corrected chi connectivity index (χ2v) is 6.53. The Kier molecular flexibility index (Phi) is 6.71. The predicted octanol–water partition coefficient (Wildman–Crippen LogP) is 2.20. The third kappa shape index (κ3) is 5.75. The number of carbonyl (C=O) groups is 1. The molecule has 0 saturated carbocycles. The van der Waals surface area contributed by atoms with Gasteiger partial charge in [0.15, 0.2) is 0 Å². The van der Waals surface area contributed by atoms with Gasteiger partial charge < -0.3 is 20.7 Å². The quantitative estimate of drug-likeness (QED) is 0.756. The van der Waals surface area contributed by atoms with Gasteiger partial charge in [-0.3, -0.25) is 4.79 Å². The molecule has 0 aliphatic carbocycles. The Balaban J connectivity index is 1.82. The number of aryl methyl sites for hydroxylation is 1. The van der Waals surface area contributed by atoms with E-state index < -0.39 is 0 Å². The molecule has 0 spiro atoms. The zero-order chi connectivity index (χ0) is 16.7. The Hall–Kier alpha value is -1.75. The normalized spacial score (nSPS) is 15.0. The standard InChI is InChI=1S/C18H29N3O2/c1-14(2)7-8-20-18(22)6-4-15-3-5-17(16(19)13-15)21-9-11-23-12-10-21/h3,5,13-14H,4,6-12,19H2,1-2H3,(H,20,22). The first-order chi connectivity index (χ1) is 11.1. The average molecular weight is 319 g/mol. The lowest BCUT2D eigenvalue weighted by atomic mass is 10.1. The van der Waals surface area contributed by atoms with Crippen LogP contribution in [0.25, 0.3) is 0 Å². The van der Waals surface area contributed by atoms with Crippen LogP contribution in [0.5, 0.6) is 0 Å².